The Bertz CT molecular complexity index is 210. The van der Waals surface area contributed by atoms with Crippen molar-refractivity contribution in [2.45, 2.75) is 18.9 Å². The van der Waals surface area contributed by atoms with Gasteiger partial charge in [0, 0.05) is 0 Å². The first-order chi connectivity index (χ1) is 4.88. The number of nitrogens with zero attached hydrogens (tertiary/aromatic N) is 2. The predicted octanol–water partition coefficient (Wildman–Crippen LogP) is 0.901. The van der Waals surface area contributed by atoms with Crippen LogP contribution in [0.1, 0.15) is 24.7 Å². The highest BCUT2D eigenvalue weighted by molar-refractivity contribution is 5.85. The largest absolute Gasteiger partial charge is 0.343 e. The van der Waals surface area contributed by atoms with E-state index >= 15 is 0 Å². The van der Waals surface area contributed by atoms with Gasteiger partial charge < -0.3 is 10.3 Å². The van der Waals surface area contributed by atoms with Crippen LogP contribution in [0.2, 0.25) is 0 Å². The summed E-state index contributed by atoms with van der Waals surface area (Å²) in [6.07, 6.45) is 3.73. The smallest absolute Gasteiger partial charge is 0.213 e. The third-order valence-corrected chi connectivity index (χ3v) is 1.81. The Hall–Kier alpha value is -0.610. The van der Waals surface area contributed by atoms with Gasteiger partial charge in [0.25, 0.3) is 0 Å². The second-order valence-electron chi connectivity index (χ2n) is 2.65. The fourth-order valence-corrected chi connectivity index (χ4v) is 0.992. The molecule has 1 aromatic rings. The maximum absolute atomic E-state index is 5.76. The zero-order valence-electron chi connectivity index (χ0n) is 5.93. The summed E-state index contributed by atoms with van der Waals surface area (Å²) in [5.41, 5.74) is 5.76. The lowest BCUT2D eigenvalue weighted by Crippen LogP contribution is -2.13. The van der Waals surface area contributed by atoms with Crippen molar-refractivity contribution in [1.82, 2.24) is 10.1 Å². The number of nitrogens with two attached hydrogens (primary N) is 1. The highest BCUT2D eigenvalue weighted by Gasteiger charge is 2.31. The van der Waals surface area contributed by atoms with Crippen molar-refractivity contribution in [3.05, 3.63) is 12.2 Å². The van der Waals surface area contributed by atoms with Crippen LogP contribution in [0.15, 0.2) is 10.9 Å². The molecule has 5 heteroatoms. The standard InChI is InChI=1S/C6H9N3O.ClH/c7-5(4-1-2-4)6-8-3-10-9-6;/h3-5H,1-2,7H2;1H. The van der Waals surface area contributed by atoms with Crippen molar-refractivity contribution >= 4 is 12.4 Å². The van der Waals surface area contributed by atoms with Gasteiger partial charge in [0.15, 0.2) is 5.82 Å². The Kier molecular flexibility index (Phi) is 2.46. The molecule has 1 atom stereocenters. The molecule has 0 aliphatic heterocycles. The van der Waals surface area contributed by atoms with Gasteiger partial charge in [0.05, 0.1) is 6.04 Å². The van der Waals surface area contributed by atoms with E-state index in [4.69, 9.17) is 5.73 Å². The molecule has 1 saturated carbocycles. The van der Waals surface area contributed by atoms with E-state index in [0.717, 1.165) is 0 Å². The minimum absolute atomic E-state index is 0. The van der Waals surface area contributed by atoms with Gasteiger partial charge in [-0.3, -0.25) is 0 Å². The summed E-state index contributed by atoms with van der Waals surface area (Å²) in [4.78, 5) is 3.87. The zero-order chi connectivity index (χ0) is 6.97. The Balaban J connectivity index is 0.000000605. The van der Waals surface area contributed by atoms with Gasteiger partial charge >= 0.3 is 0 Å². The van der Waals surface area contributed by atoms with Crippen molar-refractivity contribution in [2.24, 2.45) is 11.7 Å². The Morgan fingerprint density at radius 1 is 1.64 bits per heavy atom. The molecule has 1 heterocycles. The second kappa shape index (κ2) is 3.19. The van der Waals surface area contributed by atoms with Crippen molar-refractivity contribution in [2.75, 3.05) is 0 Å². The number of halogens is 1. The van der Waals surface area contributed by atoms with Gasteiger partial charge in [-0.1, -0.05) is 5.16 Å². The van der Waals surface area contributed by atoms with Gasteiger partial charge in [-0.25, -0.2) is 0 Å². The van der Waals surface area contributed by atoms with Gasteiger partial charge in [-0.2, -0.15) is 4.98 Å². The lowest BCUT2D eigenvalue weighted by molar-refractivity contribution is 0.400. The van der Waals surface area contributed by atoms with Crippen LogP contribution >= 0.6 is 12.4 Å². The van der Waals surface area contributed by atoms with Crippen LogP contribution in [-0.2, 0) is 0 Å². The van der Waals surface area contributed by atoms with Crippen LogP contribution in [0.4, 0.5) is 0 Å². The lowest BCUT2D eigenvalue weighted by atomic mass is 10.2. The lowest BCUT2D eigenvalue weighted by Gasteiger charge is -2.01. The summed E-state index contributed by atoms with van der Waals surface area (Å²) in [6, 6.07) is -0.00116. The quantitative estimate of drug-likeness (QED) is 0.726. The molecular formula is C6H10ClN3O. The Morgan fingerprint density at radius 2 is 2.36 bits per heavy atom. The summed E-state index contributed by atoms with van der Waals surface area (Å²) in [6.45, 7) is 0. The molecular weight excluding hydrogens is 166 g/mol. The molecule has 2 rings (SSSR count). The topological polar surface area (TPSA) is 64.9 Å². The molecule has 0 spiro atoms. The molecule has 0 amide bonds. The zero-order valence-corrected chi connectivity index (χ0v) is 6.75. The molecule has 0 saturated heterocycles. The van der Waals surface area contributed by atoms with Crippen LogP contribution in [-0.4, -0.2) is 10.1 Å². The van der Waals surface area contributed by atoms with Crippen molar-refractivity contribution in [1.29, 1.82) is 0 Å². The SMILES string of the molecule is Cl.NC(c1ncon1)C1CC1. The Morgan fingerprint density at radius 3 is 2.82 bits per heavy atom. The van der Waals surface area contributed by atoms with Crippen LogP contribution < -0.4 is 5.73 Å². The van der Waals surface area contributed by atoms with Gasteiger partial charge in [0.1, 0.15) is 0 Å². The van der Waals surface area contributed by atoms with Gasteiger partial charge in [-0.15, -0.1) is 12.4 Å². The first-order valence-electron chi connectivity index (χ1n) is 3.40. The van der Waals surface area contributed by atoms with E-state index in [1.54, 1.807) is 0 Å². The number of hydrogen-bond donors (Lipinski definition) is 1. The molecule has 1 unspecified atom stereocenters. The molecule has 0 aromatic carbocycles. The normalized spacial score (nSPS) is 19.0. The molecule has 0 radical (unpaired) electrons. The van der Waals surface area contributed by atoms with Crippen molar-refractivity contribution < 1.29 is 4.52 Å². The van der Waals surface area contributed by atoms with Crippen LogP contribution in [0.3, 0.4) is 0 Å². The summed E-state index contributed by atoms with van der Waals surface area (Å²) in [7, 11) is 0. The van der Waals surface area contributed by atoms with Crippen molar-refractivity contribution in [3.8, 4) is 0 Å². The summed E-state index contributed by atoms with van der Waals surface area (Å²) >= 11 is 0. The van der Waals surface area contributed by atoms with E-state index in [9.17, 15) is 0 Å². The summed E-state index contributed by atoms with van der Waals surface area (Å²) in [5, 5.41) is 3.67. The second-order valence-corrected chi connectivity index (χ2v) is 2.65. The molecule has 0 bridgehead atoms. The van der Waals surface area contributed by atoms with Gasteiger partial charge in [-0.05, 0) is 18.8 Å². The molecule has 1 aliphatic rings. The maximum atomic E-state index is 5.76. The fraction of sp³-hybridized carbons (Fsp3) is 0.667. The third kappa shape index (κ3) is 1.70. The van der Waals surface area contributed by atoms with E-state index in [1.165, 1.54) is 19.2 Å². The average Bonchev–Trinajstić information content (AvgIpc) is 2.65. The van der Waals surface area contributed by atoms with Crippen molar-refractivity contribution in [3.63, 3.8) is 0 Å². The molecule has 2 N–H and O–H groups in total. The number of hydrogen-bond acceptors (Lipinski definition) is 4. The molecule has 1 fully saturated rings. The molecule has 62 valence electrons. The summed E-state index contributed by atoms with van der Waals surface area (Å²) in [5.74, 6) is 1.24. The van der Waals surface area contributed by atoms with E-state index in [0.29, 0.717) is 11.7 Å². The molecule has 1 aliphatic carbocycles. The highest BCUT2D eigenvalue weighted by Crippen LogP contribution is 2.38. The summed E-state index contributed by atoms with van der Waals surface area (Å²) < 4.78 is 4.57. The van der Waals surface area contributed by atoms with E-state index in [2.05, 4.69) is 14.7 Å². The van der Waals surface area contributed by atoms with Crippen LogP contribution in [0.25, 0.3) is 0 Å². The van der Waals surface area contributed by atoms with Gasteiger partial charge in [0.2, 0.25) is 6.39 Å². The Labute approximate surface area is 70.6 Å². The van der Waals surface area contributed by atoms with E-state index in [-0.39, 0.29) is 18.4 Å². The minimum Gasteiger partial charge on any atom is -0.343 e. The maximum Gasteiger partial charge on any atom is 0.213 e. The minimum atomic E-state index is -0.00116. The van der Waals surface area contributed by atoms with Crippen LogP contribution in [0, 0.1) is 5.92 Å². The molecule has 1 aromatic heterocycles. The first-order valence-corrected chi connectivity index (χ1v) is 3.40. The third-order valence-electron chi connectivity index (χ3n) is 1.81. The monoisotopic (exact) mass is 175 g/mol. The first kappa shape index (κ1) is 8.49. The van der Waals surface area contributed by atoms with E-state index in [1.807, 2.05) is 0 Å². The number of rotatable bonds is 2. The van der Waals surface area contributed by atoms with E-state index < -0.39 is 0 Å². The van der Waals surface area contributed by atoms with Crippen LogP contribution in [0.5, 0.6) is 0 Å². The molecule has 11 heavy (non-hydrogen) atoms. The molecule has 4 nitrogen and oxygen atoms in total. The predicted molar refractivity (Wildman–Crippen MR) is 41.2 cm³/mol. The fourth-order valence-electron chi connectivity index (χ4n) is 0.992. The highest BCUT2D eigenvalue weighted by atomic mass is 35.5. The number of aromatic nitrogens is 2. The average molecular weight is 176 g/mol.